The van der Waals surface area contributed by atoms with Gasteiger partial charge >= 0.3 is 0 Å². The molecule has 0 fully saturated rings. The van der Waals surface area contributed by atoms with E-state index in [0.717, 1.165) is 0 Å². The van der Waals surface area contributed by atoms with Gasteiger partial charge in [0.05, 0.1) is 136 Å². The number of hydrogen-bond donors (Lipinski definition) is 4. The second-order valence-electron chi connectivity index (χ2n) is 12.0. The van der Waals surface area contributed by atoms with E-state index < -0.39 is 53.5 Å². The molecule has 0 heterocycles. The van der Waals surface area contributed by atoms with E-state index in [1.165, 1.54) is 12.1 Å². The molecule has 0 saturated carbocycles. The molecule has 0 aliphatic rings. The monoisotopic (exact) mass is 915 g/mol. The van der Waals surface area contributed by atoms with Gasteiger partial charge in [-0.1, -0.05) is 0 Å². The zero-order valence-electron chi connectivity index (χ0n) is 33.5. The Labute approximate surface area is 346 Å². The van der Waals surface area contributed by atoms with Crippen molar-refractivity contribution in [3.8, 4) is 17.2 Å². The Balaban J connectivity index is 2.42. The fourth-order valence-electron chi connectivity index (χ4n) is 4.35. The van der Waals surface area contributed by atoms with Crippen molar-refractivity contribution >= 4 is 36.3 Å². The van der Waals surface area contributed by atoms with Crippen LogP contribution in [-0.2, 0) is 68.2 Å². The Kier molecular flexibility index (Phi) is 30.6. The predicted molar refractivity (Wildman–Crippen MR) is 211 cm³/mol. The molecule has 59 heavy (non-hydrogen) atoms. The van der Waals surface area contributed by atoms with Crippen molar-refractivity contribution < 1.29 is 95.8 Å². The molecule has 1 rings (SSSR count). The van der Waals surface area contributed by atoms with Crippen molar-refractivity contribution in [1.29, 1.82) is 0 Å². The molecule has 0 spiro atoms. The quantitative estimate of drug-likeness (QED) is 0.0515. The average molecular weight is 916 g/mol. The van der Waals surface area contributed by atoms with Gasteiger partial charge in [0.2, 0.25) is 5.75 Å². The van der Waals surface area contributed by atoms with Crippen LogP contribution in [0.1, 0.15) is 36.5 Å². The van der Waals surface area contributed by atoms with Gasteiger partial charge < -0.3 is 57.4 Å². The Morgan fingerprint density at radius 1 is 0.475 bits per heavy atom. The van der Waals surface area contributed by atoms with Gasteiger partial charge in [-0.3, -0.25) is 18.5 Å². The molecule has 0 radical (unpaired) electrons. The summed E-state index contributed by atoms with van der Waals surface area (Å²) in [5.41, 5.74) is -0.0142. The van der Waals surface area contributed by atoms with Gasteiger partial charge in [-0.25, -0.2) is 0 Å². The van der Waals surface area contributed by atoms with Crippen LogP contribution in [0.25, 0.3) is 0 Å². The maximum atomic E-state index is 13.1. The van der Waals surface area contributed by atoms with Crippen LogP contribution in [-0.4, -0.2) is 194 Å². The van der Waals surface area contributed by atoms with Crippen LogP contribution in [0, 0.1) is 0 Å². The Morgan fingerprint density at radius 3 is 1.10 bits per heavy atom. The molecule has 1 amide bonds. The topological polar surface area (TPSA) is 294 Å². The standard InChI is InChI=1S/C34H61NO21S3/c1-2-46-11-12-48-15-16-50-19-20-52-23-24-53-22-21-51-18-17-49-14-13-47-10-6-35-34(36)30-28-31(54-7-3-25-57(37,38)39)33(56-9-5-27-59(43,44)45)32(29-30)55-8-4-26-58(40,41)42/h28-29H,2-27H2,1H3,(H,35,36)(H,37,38,39)(H,40,41,42)(H,43,44,45). The van der Waals surface area contributed by atoms with Crippen LogP contribution < -0.4 is 19.5 Å². The van der Waals surface area contributed by atoms with Gasteiger partial charge in [-0.2, -0.15) is 25.3 Å². The third kappa shape index (κ3) is 33.9. The van der Waals surface area contributed by atoms with Crippen molar-refractivity contribution in [2.75, 3.05) is 149 Å². The Bertz CT molecular complexity index is 1520. The molecule has 25 heteroatoms. The third-order valence-electron chi connectivity index (χ3n) is 7.02. The van der Waals surface area contributed by atoms with E-state index in [-0.39, 0.29) is 88.3 Å². The molecule has 22 nitrogen and oxygen atoms in total. The SMILES string of the molecule is CCOCCOCCOCCOCCOCCOCCOCCOCCNC(=O)c1cc(OCCCS(=O)(=O)O)c(OCCCS(=O)(=O)O)c(OCCCS(=O)(=O)O)c1. The maximum Gasteiger partial charge on any atom is 0.264 e. The highest BCUT2D eigenvalue weighted by Crippen LogP contribution is 2.39. The second-order valence-corrected chi connectivity index (χ2v) is 16.7. The van der Waals surface area contributed by atoms with Crippen LogP contribution in [0.2, 0.25) is 0 Å². The minimum Gasteiger partial charge on any atom is -0.489 e. The number of ether oxygens (including phenoxy) is 11. The highest BCUT2D eigenvalue weighted by Gasteiger charge is 2.20. The van der Waals surface area contributed by atoms with Gasteiger partial charge in [0.25, 0.3) is 36.3 Å². The molecule has 0 aliphatic carbocycles. The molecular weight excluding hydrogens is 855 g/mol. The molecule has 346 valence electrons. The molecule has 0 bridgehead atoms. The van der Waals surface area contributed by atoms with Crippen LogP contribution in [0.3, 0.4) is 0 Å². The maximum absolute atomic E-state index is 13.1. The molecule has 1 aromatic carbocycles. The summed E-state index contributed by atoms with van der Waals surface area (Å²) in [6.07, 6.45) is -0.482. The average Bonchev–Trinajstić information content (AvgIpc) is 3.16. The third-order valence-corrected chi connectivity index (χ3v) is 9.44. The predicted octanol–water partition coefficient (Wildman–Crippen LogP) is 0.539. The number of benzene rings is 1. The number of carbonyl (C=O) groups is 1. The van der Waals surface area contributed by atoms with Gasteiger partial charge in [-0.15, -0.1) is 0 Å². The summed E-state index contributed by atoms with van der Waals surface area (Å²) in [6, 6.07) is 2.51. The number of nitrogens with one attached hydrogen (secondary N) is 1. The lowest BCUT2D eigenvalue weighted by Crippen LogP contribution is -2.28. The number of amides is 1. The highest BCUT2D eigenvalue weighted by molar-refractivity contribution is 7.86. The van der Waals surface area contributed by atoms with Crippen LogP contribution in [0.5, 0.6) is 17.2 Å². The lowest BCUT2D eigenvalue weighted by atomic mass is 10.1. The summed E-state index contributed by atoms with van der Waals surface area (Å²) < 4.78 is 154. The van der Waals surface area contributed by atoms with E-state index in [2.05, 4.69) is 5.32 Å². The first-order chi connectivity index (χ1) is 28.1. The molecule has 0 unspecified atom stereocenters. The summed E-state index contributed by atoms with van der Waals surface area (Å²) in [5.74, 6) is -2.89. The molecule has 0 atom stereocenters. The summed E-state index contributed by atoms with van der Waals surface area (Å²) in [6.45, 7) is 7.90. The highest BCUT2D eigenvalue weighted by atomic mass is 32.2. The van der Waals surface area contributed by atoms with Gasteiger partial charge in [0, 0.05) is 18.7 Å². The van der Waals surface area contributed by atoms with Crippen molar-refractivity contribution in [3.05, 3.63) is 17.7 Å². The molecule has 0 aliphatic heterocycles. The number of rotatable bonds is 41. The fourth-order valence-corrected chi connectivity index (χ4v) is 5.80. The van der Waals surface area contributed by atoms with Crippen LogP contribution >= 0.6 is 0 Å². The molecular formula is C34H61NO21S3. The normalized spacial score (nSPS) is 12.1. The molecule has 4 N–H and O–H groups in total. The Hall–Kier alpha value is -2.50. The summed E-state index contributed by atoms with van der Waals surface area (Å²) in [5, 5.41) is 2.65. The zero-order chi connectivity index (χ0) is 43.7. The molecule has 0 saturated heterocycles. The van der Waals surface area contributed by atoms with Gasteiger partial charge in [0.1, 0.15) is 0 Å². The van der Waals surface area contributed by atoms with E-state index in [1.807, 2.05) is 6.92 Å². The van der Waals surface area contributed by atoms with Crippen LogP contribution in [0.15, 0.2) is 12.1 Å². The molecule has 0 aromatic heterocycles. The first kappa shape index (κ1) is 54.5. The molecule has 1 aromatic rings. The first-order valence-electron chi connectivity index (χ1n) is 18.9. The summed E-state index contributed by atoms with van der Waals surface area (Å²) in [7, 11) is -12.9. The van der Waals surface area contributed by atoms with Crippen molar-refractivity contribution in [2.24, 2.45) is 0 Å². The van der Waals surface area contributed by atoms with E-state index in [9.17, 15) is 30.0 Å². The van der Waals surface area contributed by atoms with Crippen LogP contribution in [0.4, 0.5) is 0 Å². The first-order valence-corrected chi connectivity index (χ1v) is 23.8. The fraction of sp³-hybridized carbons (Fsp3) is 0.794. The number of hydrogen-bond acceptors (Lipinski definition) is 18. The van der Waals surface area contributed by atoms with Crippen molar-refractivity contribution in [3.63, 3.8) is 0 Å². The van der Waals surface area contributed by atoms with Crippen molar-refractivity contribution in [2.45, 2.75) is 26.2 Å². The summed E-state index contributed by atoms with van der Waals surface area (Å²) >= 11 is 0. The number of carbonyl (C=O) groups excluding carboxylic acids is 1. The Morgan fingerprint density at radius 2 is 0.780 bits per heavy atom. The summed E-state index contributed by atoms with van der Waals surface area (Å²) in [4.78, 5) is 13.1. The lowest BCUT2D eigenvalue weighted by Gasteiger charge is -2.19. The zero-order valence-corrected chi connectivity index (χ0v) is 35.9. The smallest absolute Gasteiger partial charge is 0.264 e. The van der Waals surface area contributed by atoms with E-state index in [0.29, 0.717) is 85.9 Å². The van der Waals surface area contributed by atoms with Crippen molar-refractivity contribution in [1.82, 2.24) is 5.32 Å². The second kappa shape index (κ2) is 33.2. The minimum atomic E-state index is -4.30. The largest absolute Gasteiger partial charge is 0.489 e. The van der Waals surface area contributed by atoms with E-state index >= 15 is 0 Å². The minimum absolute atomic E-state index is 0.0142. The van der Waals surface area contributed by atoms with E-state index in [1.54, 1.807) is 0 Å². The lowest BCUT2D eigenvalue weighted by molar-refractivity contribution is -0.0227. The van der Waals surface area contributed by atoms with Gasteiger partial charge in [-0.05, 0) is 38.3 Å². The van der Waals surface area contributed by atoms with Gasteiger partial charge in [0.15, 0.2) is 11.5 Å². The van der Waals surface area contributed by atoms with E-state index in [4.69, 9.17) is 65.8 Å².